The molecule has 0 radical (unpaired) electrons. The molecule has 0 spiro atoms. The lowest BCUT2D eigenvalue weighted by Crippen LogP contribution is -2.60. The number of methoxy groups -OCH3 is 2. The highest BCUT2D eigenvalue weighted by Crippen LogP contribution is 2.40. The zero-order valence-corrected chi connectivity index (χ0v) is 96.7. The summed E-state index contributed by atoms with van der Waals surface area (Å²) < 4.78 is 40.5. The number of carbonyl (C=O) groups is 1. The first-order valence-corrected chi connectivity index (χ1v) is 49.3. The molecule has 0 unspecified atom stereocenters. The number of hydrogen-bond donors (Lipinski definition) is 0. The van der Waals surface area contributed by atoms with Gasteiger partial charge in [-0.2, -0.15) is 0 Å². The average molecular weight is 1850 g/mol. The Labute approximate surface area is 823 Å². The van der Waals surface area contributed by atoms with Crippen LogP contribution in [0, 0.1) is 11.6 Å². The molecule has 1 aliphatic heterocycles. The van der Waals surface area contributed by atoms with E-state index in [0.29, 0.717) is 6.54 Å². The summed E-state index contributed by atoms with van der Waals surface area (Å²) >= 11 is 0. The Morgan fingerprint density at radius 1 is 0.254 bits per heavy atom. The number of hydrogen-bond acceptors (Lipinski definition) is 7. The van der Waals surface area contributed by atoms with Crippen LogP contribution in [0.5, 0.6) is 11.5 Å². The van der Waals surface area contributed by atoms with Crippen molar-refractivity contribution in [2.45, 2.75) is 472 Å². The SMILES string of the molecule is CC(C)(C)N1CCN(C(C)(C)C)C(=O)C1.CC(C)(C)c1ccc(C(C)(C)C)c(F)c1.CC(C)(C)c1ccc(C(C)(C)C)c(F)c1.CC(C)(C)c1ccc(C(C)(C)C)cc1.CC(C)(C)c1ccc(C(C)(C)C)nc1.CC(C)(C)c1ccc(C(C)(C)C)nc1.CC(C)(C)c1ccn(C(C)(C)C)c(=O)c1.COc1cc(C(C)(C)C)ccc1C(C)(C)C.COc1cc(C(C)(C)C)ccc1C(C)(C)C. The van der Waals surface area contributed by atoms with Gasteiger partial charge in [-0.25, -0.2) is 8.78 Å². The number of benzene rings is 5. The van der Waals surface area contributed by atoms with Gasteiger partial charge in [-0.3, -0.25) is 24.5 Å². The molecule has 134 heavy (non-hydrogen) atoms. The van der Waals surface area contributed by atoms with Gasteiger partial charge in [-0.15, -0.1) is 0 Å². The Balaban J connectivity index is 0.000000754. The molecule has 0 N–H and O–H groups in total. The number of pyridine rings is 3. The number of amides is 1. The van der Waals surface area contributed by atoms with Crippen LogP contribution >= 0.6 is 0 Å². The van der Waals surface area contributed by atoms with Gasteiger partial charge in [0.2, 0.25) is 5.91 Å². The van der Waals surface area contributed by atoms with E-state index in [1.165, 1.54) is 44.5 Å². The molecule has 1 amide bonds. The van der Waals surface area contributed by atoms with E-state index < -0.39 is 0 Å². The van der Waals surface area contributed by atoms with Crippen LogP contribution in [0.25, 0.3) is 0 Å². The molecule has 8 aromatic rings. The molecule has 0 bridgehead atoms. The topological polar surface area (TPSA) is 89.8 Å². The highest BCUT2D eigenvalue weighted by atomic mass is 19.1. The summed E-state index contributed by atoms with van der Waals surface area (Å²) in [5, 5.41) is 0. The van der Waals surface area contributed by atoms with E-state index in [1.54, 1.807) is 37.0 Å². The molecule has 1 saturated heterocycles. The Morgan fingerprint density at radius 3 is 0.694 bits per heavy atom. The van der Waals surface area contributed by atoms with E-state index in [4.69, 9.17) is 9.47 Å². The monoisotopic (exact) mass is 1850 g/mol. The summed E-state index contributed by atoms with van der Waals surface area (Å²) in [7, 11) is 3.49. The second kappa shape index (κ2) is 46.3. The lowest BCUT2D eigenvalue weighted by atomic mass is 9.81. The second-order valence-corrected chi connectivity index (χ2v) is 55.5. The van der Waals surface area contributed by atoms with Crippen LogP contribution in [-0.4, -0.2) is 75.2 Å². The molecule has 9 rings (SSSR count). The van der Waals surface area contributed by atoms with E-state index in [1.807, 2.05) is 116 Å². The maximum absolute atomic E-state index is 13.9. The van der Waals surface area contributed by atoms with Crippen molar-refractivity contribution in [3.05, 3.63) is 258 Å². The quantitative estimate of drug-likeness (QED) is 0.170. The van der Waals surface area contributed by atoms with Gasteiger partial charge in [0.05, 0.1) is 20.8 Å². The molecular weight excluding hydrogens is 1650 g/mol. The predicted octanol–water partition coefficient (Wildman–Crippen LogP) is 33.7. The van der Waals surface area contributed by atoms with Crippen LogP contribution in [0.1, 0.15) is 458 Å². The normalized spacial score (nSPS) is 13.8. The smallest absolute Gasteiger partial charge is 0.251 e. The molecule has 1 aliphatic rings. The van der Waals surface area contributed by atoms with Gasteiger partial charge in [-0.1, -0.05) is 396 Å². The van der Waals surface area contributed by atoms with Gasteiger partial charge in [0.1, 0.15) is 23.1 Å². The van der Waals surface area contributed by atoms with Crippen molar-refractivity contribution in [3.63, 3.8) is 0 Å². The van der Waals surface area contributed by atoms with Crippen LogP contribution in [0.2, 0.25) is 0 Å². The highest BCUT2D eigenvalue weighted by molar-refractivity contribution is 5.80. The summed E-state index contributed by atoms with van der Waals surface area (Å²) in [4.78, 5) is 37.1. The number of piperazine rings is 1. The minimum Gasteiger partial charge on any atom is -0.496 e. The van der Waals surface area contributed by atoms with Crippen molar-refractivity contribution in [2.24, 2.45) is 0 Å². The van der Waals surface area contributed by atoms with E-state index in [-0.39, 0.29) is 121 Å². The molecular formula is C123H199F2N5O4. The third kappa shape index (κ3) is 41.9. The van der Waals surface area contributed by atoms with Crippen molar-refractivity contribution in [1.82, 2.24) is 24.3 Å². The summed E-state index contributed by atoms with van der Waals surface area (Å²) in [5.41, 5.74) is 19.3. The first-order chi connectivity index (χ1) is 59.4. The number of halogens is 2. The third-order valence-corrected chi connectivity index (χ3v) is 23.9. The fourth-order valence-corrected chi connectivity index (χ4v) is 14.2. The Hall–Kier alpha value is -7.76. The number of aromatic nitrogens is 3. The van der Waals surface area contributed by atoms with Gasteiger partial charge >= 0.3 is 0 Å². The molecule has 9 nitrogen and oxygen atoms in total. The maximum atomic E-state index is 13.9. The van der Waals surface area contributed by atoms with Gasteiger partial charge < -0.3 is 18.9 Å². The summed E-state index contributed by atoms with van der Waals surface area (Å²) in [6, 6.07) is 45.8. The zero-order chi connectivity index (χ0) is 105. The van der Waals surface area contributed by atoms with E-state index in [9.17, 15) is 18.4 Å². The summed E-state index contributed by atoms with van der Waals surface area (Å²) in [6.07, 6.45) is 5.89. The molecule has 5 aromatic carbocycles. The Morgan fingerprint density at radius 2 is 0.500 bits per heavy atom. The van der Waals surface area contributed by atoms with Crippen molar-refractivity contribution in [3.8, 4) is 11.5 Å². The first kappa shape index (κ1) is 124. The zero-order valence-electron chi connectivity index (χ0n) is 96.7. The first-order valence-electron chi connectivity index (χ1n) is 49.3. The maximum Gasteiger partial charge on any atom is 0.251 e. The predicted molar refractivity (Wildman–Crippen MR) is 583 cm³/mol. The molecule has 11 heteroatoms. The van der Waals surface area contributed by atoms with Crippen LogP contribution in [0.15, 0.2) is 157 Å². The van der Waals surface area contributed by atoms with Gasteiger partial charge in [0, 0.05) is 76.6 Å². The van der Waals surface area contributed by atoms with Crippen LogP contribution in [-0.2, 0) is 91.6 Å². The lowest BCUT2D eigenvalue weighted by Gasteiger charge is -2.46. The number of carbonyl (C=O) groups excluding carboxylic acids is 1. The number of nitrogens with zero attached hydrogens (tertiary/aromatic N) is 5. The molecule has 754 valence electrons. The van der Waals surface area contributed by atoms with Crippen LogP contribution in [0.3, 0.4) is 0 Å². The lowest BCUT2D eigenvalue weighted by molar-refractivity contribution is -0.144. The van der Waals surface area contributed by atoms with Crippen molar-refractivity contribution in [1.29, 1.82) is 0 Å². The van der Waals surface area contributed by atoms with Crippen LogP contribution < -0.4 is 15.0 Å². The molecule has 0 aliphatic carbocycles. The Bertz CT molecular complexity index is 4580. The highest BCUT2D eigenvalue weighted by Gasteiger charge is 2.36. The Kier molecular flexibility index (Phi) is 43.0. The molecule has 0 saturated carbocycles. The molecule has 3 aromatic heterocycles. The molecule has 4 heterocycles. The van der Waals surface area contributed by atoms with Crippen molar-refractivity contribution in [2.75, 3.05) is 33.9 Å². The summed E-state index contributed by atoms with van der Waals surface area (Å²) in [6.45, 7) is 119. The standard InChI is InChI=1S/2C15H24O.2C14H21F.C14H22.C13H21NO.2C13H21N.C12H24N2O/c2*1-14(2,3)11-8-9-12(15(4,5)6)13(10-11)16-7;2*1-13(2,3)10-7-8-11(12(15)9-10)14(4,5)6;1-13(2,3)11-7-9-12(10-8-11)14(4,5)6;1-12(2,3)10-7-8-14(11(15)9-10)13(4,5)6;2*1-12(2,3)10-7-8-11(14-9-10)13(4,5)6;1-11(2,3)13-7-8-14(10(15)9-13)12(4,5)6/h2*8-10H,1-7H3;2*7-9H,1-6H3;7-10H,1-6H3;7-9H,1-6H3;2*7-9H,1-6H3;7-9H2,1-6H3. The molecule has 0 atom stereocenters. The van der Waals surface area contributed by atoms with Gasteiger partial charge in [-0.05, 0) is 247 Å². The van der Waals surface area contributed by atoms with Gasteiger partial charge in [0.15, 0.2) is 0 Å². The fourth-order valence-electron chi connectivity index (χ4n) is 14.2. The van der Waals surface area contributed by atoms with Crippen molar-refractivity contribution < 1.29 is 23.0 Å². The third-order valence-electron chi connectivity index (χ3n) is 23.9. The van der Waals surface area contributed by atoms with E-state index in [0.717, 1.165) is 63.8 Å². The molecule has 1 fully saturated rings. The minimum atomic E-state index is -0.145. The average Bonchev–Trinajstić information content (AvgIpc) is 0.808. The van der Waals surface area contributed by atoms with Gasteiger partial charge in [0.25, 0.3) is 5.56 Å². The van der Waals surface area contributed by atoms with E-state index >= 15 is 0 Å². The van der Waals surface area contributed by atoms with Crippen molar-refractivity contribution >= 4 is 5.91 Å². The summed E-state index contributed by atoms with van der Waals surface area (Å²) in [5.74, 6) is 2.08. The van der Waals surface area contributed by atoms with Crippen LogP contribution in [0.4, 0.5) is 8.78 Å². The fraction of sp³-hybridized carbons (Fsp3) is 0.626. The van der Waals surface area contributed by atoms with E-state index in [2.05, 4.69) is 411 Å². The number of rotatable bonds is 2. The second-order valence-electron chi connectivity index (χ2n) is 55.5. The largest absolute Gasteiger partial charge is 0.496 e. The minimum absolute atomic E-state index is 0.0112. The number of ether oxygens (including phenoxy) is 2.